The van der Waals surface area contributed by atoms with E-state index in [0.717, 1.165) is 4.47 Å². The number of carbonyl (C=O) groups excluding carboxylic acids is 2. The fraction of sp³-hybridized carbons (Fsp3) is 0.0769. The molecule has 0 saturated carbocycles. The molecule has 1 aromatic heterocycles. The number of methoxy groups -OCH3 is 1. The van der Waals surface area contributed by atoms with E-state index < -0.39 is 23.5 Å². The number of amides is 1. The van der Waals surface area contributed by atoms with Crippen molar-refractivity contribution in [3.8, 4) is 11.5 Å². The quantitative estimate of drug-likeness (QED) is 0.328. The lowest BCUT2D eigenvalue weighted by Crippen LogP contribution is -2.31. The van der Waals surface area contributed by atoms with Crippen LogP contribution in [0.2, 0.25) is 0 Å². The van der Waals surface area contributed by atoms with Crippen molar-refractivity contribution in [2.24, 2.45) is 0 Å². The second kappa shape index (κ2) is 8.39. The summed E-state index contributed by atoms with van der Waals surface area (Å²) < 4.78 is 11.9. The Labute approximate surface area is 202 Å². The molecular weight excluding hydrogens is 502 g/mol. The van der Waals surface area contributed by atoms with Gasteiger partial charge in [-0.25, -0.2) is 0 Å². The Morgan fingerprint density at radius 3 is 2.59 bits per heavy atom. The highest BCUT2D eigenvalue weighted by Gasteiger charge is 2.45. The van der Waals surface area contributed by atoms with Crippen molar-refractivity contribution >= 4 is 44.3 Å². The summed E-state index contributed by atoms with van der Waals surface area (Å²) in [6.45, 7) is 0. The number of rotatable bonds is 5. The van der Waals surface area contributed by atoms with Crippen molar-refractivity contribution in [3.05, 3.63) is 99.9 Å². The van der Waals surface area contributed by atoms with Gasteiger partial charge in [0.1, 0.15) is 17.1 Å². The van der Waals surface area contributed by atoms with E-state index in [4.69, 9.17) is 9.15 Å². The van der Waals surface area contributed by atoms with Crippen LogP contribution in [0.15, 0.2) is 93.0 Å². The number of anilines is 1. The molecule has 0 bridgehead atoms. The van der Waals surface area contributed by atoms with Crippen LogP contribution in [0.3, 0.4) is 0 Å². The number of phenols is 1. The molecule has 2 heterocycles. The minimum Gasteiger partial charge on any atom is -0.508 e. The average Bonchev–Trinajstić information content (AvgIpc) is 3.37. The number of phenolic OH excluding ortho intramolecular Hbond substituents is 1. The molecule has 5 rings (SSSR count). The molecule has 2 N–H and O–H groups in total. The SMILES string of the molecule is COc1cccc(N2C(=O)C(O)=C(C(=O)c3cc4cc(Br)ccc4o3)C2c2cccc(O)c2)c1. The Morgan fingerprint density at radius 2 is 1.82 bits per heavy atom. The number of nitrogens with zero attached hydrogens (tertiary/aromatic N) is 1. The smallest absolute Gasteiger partial charge is 0.294 e. The number of hydrogen-bond acceptors (Lipinski definition) is 6. The first-order valence-corrected chi connectivity index (χ1v) is 11.1. The van der Waals surface area contributed by atoms with E-state index >= 15 is 0 Å². The molecule has 0 radical (unpaired) electrons. The lowest BCUT2D eigenvalue weighted by Gasteiger charge is -2.27. The van der Waals surface area contributed by atoms with Crippen molar-refractivity contribution in [2.45, 2.75) is 6.04 Å². The number of carbonyl (C=O) groups is 2. The monoisotopic (exact) mass is 519 g/mol. The second-order valence-corrected chi connectivity index (χ2v) is 8.67. The van der Waals surface area contributed by atoms with Gasteiger partial charge < -0.3 is 19.4 Å². The molecular formula is C26H18BrNO6. The van der Waals surface area contributed by atoms with Crippen LogP contribution >= 0.6 is 15.9 Å². The van der Waals surface area contributed by atoms with Crippen molar-refractivity contribution in [1.29, 1.82) is 0 Å². The third-order valence-electron chi connectivity index (χ3n) is 5.67. The normalized spacial score (nSPS) is 15.9. The minimum atomic E-state index is -1.00. The van der Waals surface area contributed by atoms with Crippen molar-refractivity contribution in [2.75, 3.05) is 12.0 Å². The number of benzene rings is 3. The fourth-order valence-corrected chi connectivity index (χ4v) is 4.51. The van der Waals surface area contributed by atoms with Crippen LogP contribution in [0.25, 0.3) is 11.0 Å². The third kappa shape index (κ3) is 3.62. The summed E-state index contributed by atoms with van der Waals surface area (Å²) in [6, 6.07) is 18.8. The van der Waals surface area contributed by atoms with Gasteiger partial charge in [0.2, 0.25) is 5.78 Å². The van der Waals surface area contributed by atoms with Gasteiger partial charge in [-0.05, 0) is 54.1 Å². The Kier molecular flexibility index (Phi) is 5.37. The summed E-state index contributed by atoms with van der Waals surface area (Å²) in [6.07, 6.45) is 0. The van der Waals surface area contributed by atoms with Gasteiger partial charge in [-0.1, -0.05) is 34.1 Å². The average molecular weight is 520 g/mol. The fourth-order valence-electron chi connectivity index (χ4n) is 4.13. The number of hydrogen-bond donors (Lipinski definition) is 2. The maximum Gasteiger partial charge on any atom is 0.294 e. The number of furan rings is 1. The Bertz CT molecular complexity index is 1490. The second-order valence-electron chi connectivity index (χ2n) is 7.76. The van der Waals surface area contributed by atoms with Crippen LogP contribution in [0.1, 0.15) is 22.2 Å². The van der Waals surface area contributed by atoms with Crippen LogP contribution in [0.4, 0.5) is 5.69 Å². The molecule has 8 heteroatoms. The summed E-state index contributed by atoms with van der Waals surface area (Å²) >= 11 is 3.39. The number of Topliss-reactive ketones (excluding diaryl/α,β-unsaturated/α-hetero) is 1. The zero-order valence-electron chi connectivity index (χ0n) is 17.9. The van der Waals surface area contributed by atoms with Crippen molar-refractivity contribution < 1.29 is 29.0 Å². The lowest BCUT2D eigenvalue weighted by atomic mass is 9.94. The number of fused-ring (bicyclic) bond motifs is 1. The molecule has 0 aliphatic carbocycles. The van der Waals surface area contributed by atoms with E-state index in [9.17, 15) is 19.8 Å². The molecule has 1 aliphatic rings. The predicted octanol–water partition coefficient (Wildman–Crippen LogP) is 5.69. The molecule has 7 nitrogen and oxygen atoms in total. The first-order chi connectivity index (χ1) is 16.4. The molecule has 1 atom stereocenters. The topological polar surface area (TPSA) is 100 Å². The summed E-state index contributed by atoms with van der Waals surface area (Å²) in [7, 11) is 1.50. The molecule has 1 amide bonds. The van der Waals surface area contributed by atoms with Gasteiger partial charge in [0.25, 0.3) is 5.91 Å². The van der Waals surface area contributed by atoms with E-state index in [1.807, 2.05) is 0 Å². The van der Waals surface area contributed by atoms with Gasteiger partial charge in [-0.2, -0.15) is 0 Å². The number of halogens is 1. The Morgan fingerprint density at radius 1 is 1.03 bits per heavy atom. The van der Waals surface area contributed by atoms with Crippen molar-refractivity contribution in [3.63, 3.8) is 0 Å². The van der Waals surface area contributed by atoms with Crippen LogP contribution in [0.5, 0.6) is 11.5 Å². The lowest BCUT2D eigenvalue weighted by molar-refractivity contribution is -0.117. The molecule has 0 spiro atoms. The molecule has 4 aromatic rings. The van der Waals surface area contributed by atoms with Gasteiger partial charge >= 0.3 is 0 Å². The number of ketones is 1. The van der Waals surface area contributed by atoms with Gasteiger partial charge in [0, 0.05) is 21.6 Å². The van der Waals surface area contributed by atoms with E-state index in [-0.39, 0.29) is 17.1 Å². The Hall–Kier alpha value is -4.04. The number of ether oxygens (including phenoxy) is 1. The first kappa shape index (κ1) is 21.8. The molecule has 3 aromatic carbocycles. The van der Waals surface area contributed by atoms with E-state index in [0.29, 0.717) is 28.0 Å². The maximum atomic E-state index is 13.6. The highest BCUT2D eigenvalue weighted by atomic mass is 79.9. The van der Waals surface area contributed by atoms with Gasteiger partial charge in [-0.3, -0.25) is 14.5 Å². The van der Waals surface area contributed by atoms with Gasteiger partial charge in [-0.15, -0.1) is 0 Å². The predicted molar refractivity (Wildman–Crippen MR) is 129 cm³/mol. The first-order valence-electron chi connectivity index (χ1n) is 10.3. The summed E-state index contributed by atoms with van der Waals surface area (Å²) in [5.41, 5.74) is 1.22. The van der Waals surface area contributed by atoms with Crippen molar-refractivity contribution in [1.82, 2.24) is 0 Å². The molecule has 0 fully saturated rings. The van der Waals surface area contributed by atoms with E-state index in [1.165, 1.54) is 24.1 Å². The van der Waals surface area contributed by atoms with E-state index in [1.54, 1.807) is 60.7 Å². The van der Waals surface area contributed by atoms with Gasteiger partial charge in [0.15, 0.2) is 11.5 Å². The molecule has 34 heavy (non-hydrogen) atoms. The molecule has 0 saturated heterocycles. The van der Waals surface area contributed by atoms with Crippen LogP contribution in [0, 0.1) is 0 Å². The zero-order chi connectivity index (χ0) is 24.0. The molecule has 1 aliphatic heterocycles. The number of aliphatic hydroxyl groups is 1. The minimum absolute atomic E-state index is 0.0138. The number of aliphatic hydroxyl groups excluding tert-OH is 1. The zero-order valence-corrected chi connectivity index (χ0v) is 19.4. The maximum absolute atomic E-state index is 13.6. The molecule has 1 unspecified atom stereocenters. The summed E-state index contributed by atoms with van der Waals surface area (Å²) in [5, 5.41) is 21.7. The van der Waals surface area contributed by atoms with E-state index in [2.05, 4.69) is 15.9 Å². The van der Waals surface area contributed by atoms with Crippen LogP contribution in [-0.2, 0) is 4.79 Å². The standard InChI is InChI=1S/C26H18BrNO6/c1-33-19-7-3-5-17(13-19)28-23(14-4-2-6-18(29)11-14)22(25(31)26(28)32)24(30)21-12-15-10-16(27)8-9-20(15)34-21/h2-13,23,29,31H,1H3. The van der Waals surface area contributed by atoms with Crippen LogP contribution < -0.4 is 9.64 Å². The molecule has 170 valence electrons. The summed E-state index contributed by atoms with van der Waals surface area (Å²) in [5.74, 6) is -1.60. The highest BCUT2D eigenvalue weighted by molar-refractivity contribution is 9.10. The largest absolute Gasteiger partial charge is 0.508 e. The third-order valence-corrected chi connectivity index (χ3v) is 6.17. The highest BCUT2D eigenvalue weighted by Crippen LogP contribution is 2.43. The van der Waals surface area contributed by atoms with Crippen LogP contribution in [-0.4, -0.2) is 29.0 Å². The Balaban J connectivity index is 1.67. The summed E-state index contributed by atoms with van der Waals surface area (Å²) in [4.78, 5) is 28.2. The number of aromatic hydroxyl groups is 1. The van der Waals surface area contributed by atoms with Gasteiger partial charge in [0.05, 0.1) is 18.7 Å².